The molecule has 4 nitrogen and oxygen atoms in total. The standard InChI is InChI=1S/C58H42N4/c1-4-14-41(15-5-1)52-38-53(60-58(59-52)43-16-6-2-7-17-43)42-26-24-39(25-27-42)40-28-32-47(33-29-40)62-55-23-13-11-21-49(55)51-37-45(31-35-57(51)62)44-30-34-56-50(36-44)48-20-10-12-22-54(48)61(56)46-18-8-3-9-19-46/h2-4,6-24,26,28-38H,1,5,25,27H2. The number of aromatic nitrogens is 4. The van der Waals surface area contributed by atoms with Gasteiger partial charge in [0.15, 0.2) is 5.82 Å². The van der Waals surface area contributed by atoms with Crippen LogP contribution in [-0.2, 0) is 0 Å². The first kappa shape index (κ1) is 36.1. The smallest absolute Gasteiger partial charge is 0.160 e. The molecule has 294 valence electrons. The van der Waals surface area contributed by atoms with Crippen molar-refractivity contribution in [3.63, 3.8) is 0 Å². The Kier molecular flexibility index (Phi) is 8.74. The minimum absolute atomic E-state index is 0.774. The molecule has 0 radical (unpaired) electrons. The van der Waals surface area contributed by atoms with Crippen molar-refractivity contribution in [3.05, 3.63) is 223 Å². The number of fused-ring (bicyclic) bond motifs is 6. The Morgan fingerprint density at radius 2 is 0.919 bits per heavy atom. The van der Waals surface area contributed by atoms with Crippen LogP contribution in [0.25, 0.3) is 94.2 Å². The maximum Gasteiger partial charge on any atom is 0.160 e. The number of rotatable bonds is 7. The highest BCUT2D eigenvalue weighted by Crippen LogP contribution is 2.39. The van der Waals surface area contributed by atoms with Crippen LogP contribution in [0.3, 0.4) is 0 Å². The van der Waals surface area contributed by atoms with Crippen molar-refractivity contribution in [2.24, 2.45) is 0 Å². The summed E-state index contributed by atoms with van der Waals surface area (Å²) in [5, 5.41) is 5.02. The highest BCUT2D eigenvalue weighted by atomic mass is 15.0. The van der Waals surface area contributed by atoms with E-state index < -0.39 is 0 Å². The third-order valence-corrected chi connectivity index (χ3v) is 12.7. The summed E-state index contributed by atoms with van der Waals surface area (Å²) in [5.41, 5.74) is 17.6. The van der Waals surface area contributed by atoms with E-state index in [0.717, 1.165) is 54.1 Å². The van der Waals surface area contributed by atoms with Crippen LogP contribution < -0.4 is 0 Å². The van der Waals surface area contributed by atoms with Crippen LogP contribution in [0.4, 0.5) is 0 Å². The van der Waals surface area contributed by atoms with Gasteiger partial charge >= 0.3 is 0 Å². The molecular formula is C58H42N4. The Bertz CT molecular complexity index is 3490. The number of para-hydroxylation sites is 3. The molecule has 0 amide bonds. The van der Waals surface area contributed by atoms with Gasteiger partial charge in [0.05, 0.1) is 33.5 Å². The number of hydrogen-bond acceptors (Lipinski definition) is 2. The molecule has 7 aromatic carbocycles. The number of hydrogen-bond donors (Lipinski definition) is 0. The summed E-state index contributed by atoms with van der Waals surface area (Å²) in [7, 11) is 0. The lowest BCUT2D eigenvalue weighted by molar-refractivity contribution is 1.02. The Morgan fingerprint density at radius 1 is 0.387 bits per heavy atom. The molecule has 0 bridgehead atoms. The molecule has 0 saturated heterocycles. The predicted octanol–water partition coefficient (Wildman–Crippen LogP) is 15.0. The molecule has 4 heteroatoms. The number of nitrogens with zero attached hydrogens (tertiary/aromatic N) is 4. The van der Waals surface area contributed by atoms with Gasteiger partial charge in [0.25, 0.3) is 0 Å². The molecule has 12 rings (SSSR count). The van der Waals surface area contributed by atoms with Crippen LogP contribution in [0.5, 0.6) is 0 Å². The van der Waals surface area contributed by atoms with Crippen LogP contribution in [0.1, 0.15) is 42.6 Å². The molecule has 0 fully saturated rings. The van der Waals surface area contributed by atoms with Gasteiger partial charge in [0.2, 0.25) is 0 Å². The predicted molar refractivity (Wildman–Crippen MR) is 260 cm³/mol. The molecule has 0 aliphatic heterocycles. The van der Waals surface area contributed by atoms with Gasteiger partial charge < -0.3 is 9.13 Å². The normalized spacial score (nSPS) is 14.1. The Balaban J connectivity index is 0.876. The van der Waals surface area contributed by atoms with Crippen LogP contribution in [-0.4, -0.2) is 19.1 Å². The Hall–Kier alpha value is -7.82. The van der Waals surface area contributed by atoms with Gasteiger partial charge in [-0.1, -0.05) is 140 Å². The average molecular weight is 795 g/mol. The molecule has 0 saturated carbocycles. The summed E-state index contributed by atoms with van der Waals surface area (Å²) in [4.78, 5) is 10.1. The van der Waals surface area contributed by atoms with Gasteiger partial charge in [-0.25, -0.2) is 9.97 Å². The molecule has 0 atom stereocenters. The summed E-state index contributed by atoms with van der Waals surface area (Å²) < 4.78 is 4.79. The summed E-state index contributed by atoms with van der Waals surface area (Å²) >= 11 is 0. The third kappa shape index (κ3) is 6.22. The molecule has 10 aromatic rings. The molecule has 2 aliphatic rings. The first-order chi connectivity index (χ1) is 30.7. The number of allylic oxidation sites excluding steroid dienone is 8. The van der Waals surface area contributed by atoms with Gasteiger partial charge in [-0.15, -0.1) is 0 Å². The third-order valence-electron chi connectivity index (χ3n) is 12.7. The van der Waals surface area contributed by atoms with Gasteiger partial charge in [0, 0.05) is 38.5 Å². The van der Waals surface area contributed by atoms with Gasteiger partial charge in [0.1, 0.15) is 0 Å². The minimum atomic E-state index is 0.774. The average Bonchev–Trinajstić information content (AvgIpc) is 3.87. The quantitative estimate of drug-likeness (QED) is 0.161. The maximum atomic E-state index is 5.10. The molecule has 0 N–H and O–H groups in total. The SMILES string of the molecule is C1=CC(c2cc(C3=CC=C(c4ccc(-n5c6ccccc6c6cc(-c7ccc8c(c7)c7ccccc7n8-c7ccccc7)ccc65)cc4)CC3)nc(-c3ccccc3)n2)=CCC1. The molecule has 3 heterocycles. The Morgan fingerprint density at radius 3 is 1.53 bits per heavy atom. The van der Waals surface area contributed by atoms with Crippen LogP contribution >= 0.6 is 0 Å². The maximum absolute atomic E-state index is 5.10. The lowest BCUT2D eigenvalue weighted by Gasteiger charge is -2.17. The molecule has 3 aromatic heterocycles. The molecular weight excluding hydrogens is 753 g/mol. The van der Waals surface area contributed by atoms with Crippen molar-refractivity contribution in [2.75, 3.05) is 0 Å². The van der Waals surface area contributed by atoms with Crippen LogP contribution in [0, 0.1) is 0 Å². The van der Waals surface area contributed by atoms with E-state index in [9.17, 15) is 0 Å². The summed E-state index contributed by atoms with van der Waals surface area (Å²) in [5.74, 6) is 0.774. The van der Waals surface area contributed by atoms with Gasteiger partial charge in [-0.3, -0.25) is 0 Å². The number of benzene rings is 7. The lowest BCUT2D eigenvalue weighted by atomic mass is 9.91. The summed E-state index contributed by atoms with van der Waals surface area (Å²) in [6.45, 7) is 0. The van der Waals surface area contributed by atoms with Crippen molar-refractivity contribution in [2.45, 2.75) is 25.7 Å². The topological polar surface area (TPSA) is 35.6 Å². The van der Waals surface area contributed by atoms with Crippen molar-refractivity contribution >= 4 is 60.3 Å². The summed E-state index contributed by atoms with van der Waals surface area (Å²) in [6.07, 6.45) is 15.3. The first-order valence-corrected chi connectivity index (χ1v) is 21.7. The second-order valence-electron chi connectivity index (χ2n) is 16.4. The van der Waals surface area contributed by atoms with Gasteiger partial charge in [-0.05, 0) is 126 Å². The van der Waals surface area contributed by atoms with E-state index in [1.165, 1.54) is 82.7 Å². The zero-order valence-electron chi connectivity index (χ0n) is 34.2. The fourth-order valence-corrected chi connectivity index (χ4v) is 9.63. The van der Waals surface area contributed by atoms with E-state index in [-0.39, 0.29) is 0 Å². The zero-order chi connectivity index (χ0) is 41.0. The van der Waals surface area contributed by atoms with Crippen molar-refractivity contribution in [1.29, 1.82) is 0 Å². The fraction of sp³-hybridized carbons (Fsp3) is 0.0690. The Labute approximate surface area is 360 Å². The zero-order valence-corrected chi connectivity index (χ0v) is 34.2. The van der Waals surface area contributed by atoms with E-state index in [0.29, 0.717) is 0 Å². The minimum Gasteiger partial charge on any atom is -0.309 e. The molecule has 62 heavy (non-hydrogen) atoms. The van der Waals surface area contributed by atoms with Crippen molar-refractivity contribution in [3.8, 4) is 33.9 Å². The van der Waals surface area contributed by atoms with Crippen molar-refractivity contribution < 1.29 is 0 Å². The first-order valence-electron chi connectivity index (χ1n) is 21.7. The second kappa shape index (κ2) is 15.0. The molecule has 0 unspecified atom stereocenters. The lowest BCUT2D eigenvalue weighted by Crippen LogP contribution is -2.02. The van der Waals surface area contributed by atoms with Gasteiger partial charge in [-0.2, -0.15) is 0 Å². The fourth-order valence-electron chi connectivity index (χ4n) is 9.63. The van der Waals surface area contributed by atoms with E-state index in [2.05, 4.69) is 209 Å². The molecule has 0 spiro atoms. The van der Waals surface area contributed by atoms with E-state index in [4.69, 9.17) is 9.97 Å². The second-order valence-corrected chi connectivity index (χ2v) is 16.4. The van der Waals surface area contributed by atoms with Crippen molar-refractivity contribution in [1.82, 2.24) is 19.1 Å². The largest absolute Gasteiger partial charge is 0.309 e. The highest BCUT2D eigenvalue weighted by molar-refractivity contribution is 6.12. The highest BCUT2D eigenvalue weighted by Gasteiger charge is 2.19. The van der Waals surface area contributed by atoms with E-state index >= 15 is 0 Å². The monoisotopic (exact) mass is 794 g/mol. The molecule has 2 aliphatic carbocycles. The summed E-state index contributed by atoms with van der Waals surface area (Å²) in [6, 6.07) is 63.7. The van der Waals surface area contributed by atoms with E-state index in [1.807, 2.05) is 6.07 Å². The van der Waals surface area contributed by atoms with Crippen LogP contribution in [0.15, 0.2) is 206 Å². The van der Waals surface area contributed by atoms with Crippen LogP contribution in [0.2, 0.25) is 0 Å². The van der Waals surface area contributed by atoms with E-state index in [1.54, 1.807) is 0 Å².